The van der Waals surface area contributed by atoms with Gasteiger partial charge in [-0.15, -0.1) is 0 Å². The van der Waals surface area contributed by atoms with Gasteiger partial charge in [0.15, 0.2) is 0 Å². The topological polar surface area (TPSA) is 96.6 Å². The summed E-state index contributed by atoms with van der Waals surface area (Å²) in [5.41, 5.74) is 6.86. The highest BCUT2D eigenvalue weighted by Crippen LogP contribution is 2.55. The zero-order valence-electron chi connectivity index (χ0n) is 17.5. The second-order valence-corrected chi connectivity index (χ2v) is 10.2. The van der Waals surface area contributed by atoms with Crippen LogP contribution in [0.3, 0.4) is 0 Å². The molecule has 5 aliphatic carbocycles. The SMILES string of the molecule is O=C(O)c1ccc(-n2ncc(CONC34CC5CC(C3)C(O)C(C5)C4)c2C2CC2)cc1. The largest absolute Gasteiger partial charge is 0.478 e. The molecule has 2 atom stereocenters. The summed E-state index contributed by atoms with van der Waals surface area (Å²) in [4.78, 5) is 17.2. The number of carbonyl (C=O) groups is 1. The van der Waals surface area contributed by atoms with Crippen LogP contribution in [0.5, 0.6) is 0 Å². The van der Waals surface area contributed by atoms with E-state index in [0.717, 1.165) is 49.3 Å². The van der Waals surface area contributed by atoms with Gasteiger partial charge in [0.25, 0.3) is 0 Å². The predicted molar refractivity (Wildman–Crippen MR) is 113 cm³/mol. The number of rotatable bonds is 7. The lowest BCUT2D eigenvalue weighted by molar-refractivity contribution is -0.158. The van der Waals surface area contributed by atoms with Crippen molar-refractivity contribution in [2.45, 2.75) is 69.1 Å². The van der Waals surface area contributed by atoms with Crippen LogP contribution in [0, 0.1) is 17.8 Å². The van der Waals surface area contributed by atoms with E-state index in [0.29, 0.717) is 24.4 Å². The molecule has 2 aromatic rings. The molecule has 5 fully saturated rings. The van der Waals surface area contributed by atoms with Gasteiger partial charge >= 0.3 is 5.97 Å². The summed E-state index contributed by atoms with van der Waals surface area (Å²) < 4.78 is 1.93. The molecule has 4 bridgehead atoms. The molecular weight excluding hydrogens is 394 g/mol. The first-order valence-electron chi connectivity index (χ1n) is 11.5. The van der Waals surface area contributed by atoms with Gasteiger partial charge in [0.2, 0.25) is 0 Å². The molecule has 31 heavy (non-hydrogen) atoms. The fourth-order valence-electron chi connectivity index (χ4n) is 6.64. The van der Waals surface area contributed by atoms with Gasteiger partial charge in [-0.05, 0) is 87.0 Å². The van der Waals surface area contributed by atoms with Crippen LogP contribution >= 0.6 is 0 Å². The molecule has 7 nitrogen and oxygen atoms in total. The van der Waals surface area contributed by atoms with Crippen LogP contribution in [0.1, 0.15) is 72.5 Å². The Bertz CT molecular complexity index is 981. The van der Waals surface area contributed by atoms with Gasteiger partial charge in [-0.3, -0.25) is 4.84 Å². The van der Waals surface area contributed by atoms with Crippen LogP contribution in [-0.4, -0.2) is 37.6 Å². The second-order valence-electron chi connectivity index (χ2n) is 10.2. The summed E-state index contributed by atoms with van der Waals surface area (Å²) in [5, 5.41) is 24.2. The highest BCUT2D eigenvalue weighted by Gasteiger charge is 2.55. The highest BCUT2D eigenvalue weighted by molar-refractivity contribution is 5.87. The van der Waals surface area contributed by atoms with Crippen molar-refractivity contribution in [3.8, 4) is 5.69 Å². The Hall–Kier alpha value is -2.22. The molecule has 0 spiro atoms. The van der Waals surface area contributed by atoms with Crippen molar-refractivity contribution < 1.29 is 19.8 Å². The molecule has 1 heterocycles. The van der Waals surface area contributed by atoms with Gasteiger partial charge in [0, 0.05) is 17.0 Å². The lowest BCUT2D eigenvalue weighted by Crippen LogP contribution is -2.62. The number of nitrogens with one attached hydrogen (secondary N) is 1. The first kappa shape index (κ1) is 19.5. The van der Waals surface area contributed by atoms with E-state index in [2.05, 4.69) is 10.6 Å². The molecule has 1 aromatic carbocycles. The minimum absolute atomic E-state index is 0.0120. The van der Waals surface area contributed by atoms with E-state index in [9.17, 15) is 9.90 Å². The number of aliphatic hydroxyl groups excluding tert-OH is 1. The lowest BCUT2D eigenvalue weighted by atomic mass is 9.52. The van der Waals surface area contributed by atoms with Gasteiger partial charge < -0.3 is 10.2 Å². The monoisotopic (exact) mass is 423 g/mol. The third-order valence-corrected chi connectivity index (χ3v) is 7.95. The molecule has 0 radical (unpaired) electrons. The second kappa shape index (κ2) is 7.15. The van der Waals surface area contributed by atoms with Crippen molar-refractivity contribution in [1.82, 2.24) is 15.3 Å². The zero-order valence-corrected chi connectivity index (χ0v) is 17.5. The van der Waals surface area contributed by atoms with E-state index >= 15 is 0 Å². The predicted octanol–water partition coefficient (Wildman–Crippen LogP) is 3.41. The van der Waals surface area contributed by atoms with Crippen molar-refractivity contribution in [3.05, 3.63) is 47.3 Å². The molecule has 5 aliphatic rings. The van der Waals surface area contributed by atoms with Crippen LogP contribution in [0.15, 0.2) is 30.5 Å². The third kappa shape index (κ3) is 3.39. The third-order valence-electron chi connectivity index (χ3n) is 7.95. The number of aliphatic hydroxyl groups is 1. The Morgan fingerprint density at radius 1 is 1.16 bits per heavy atom. The Morgan fingerprint density at radius 2 is 1.87 bits per heavy atom. The van der Waals surface area contributed by atoms with Crippen LogP contribution in [0.2, 0.25) is 0 Å². The zero-order chi connectivity index (χ0) is 21.2. The summed E-state index contributed by atoms with van der Waals surface area (Å²) in [6.45, 7) is 0.462. The molecule has 164 valence electrons. The van der Waals surface area contributed by atoms with E-state index in [4.69, 9.17) is 9.94 Å². The van der Waals surface area contributed by atoms with Crippen LogP contribution in [0.25, 0.3) is 5.69 Å². The van der Waals surface area contributed by atoms with Gasteiger partial charge in [-0.25, -0.2) is 9.48 Å². The van der Waals surface area contributed by atoms with Gasteiger partial charge in [-0.2, -0.15) is 10.6 Å². The fourth-order valence-corrected chi connectivity index (χ4v) is 6.64. The van der Waals surface area contributed by atoms with E-state index in [1.807, 2.05) is 23.0 Å². The smallest absolute Gasteiger partial charge is 0.335 e. The molecule has 7 rings (SSSR count). The summed E-state index contributed by atoms with van der Waals surface area (Å²) in [6.07, 6.45) is 9.54. The maximum atomic E-state index is 11.1. The molecule has 3 N–H and O–H groups in total. The molecule has 0 aliphatic heterocycles. The number of nitrogens with zero attached hydrogens (tertiary/aromatic N) is 2. The van der Waals surface area contributed by atoms with Crippen molar-refractivity contribution in [1.29, 1.82) is 0 Å². The average Bonchev–Trinajstić information content (AvgIpc) is 3.51. The fraction of sp³-hybridized carbons (Fsp3) is 0.583. The van der Waals surface area contributed by atoms with Gasteiger partial charge in [0.1, 0.15) is 0 Å². The molecule has 0 amide bonds. The molecule has 1 aromatic heterocycles. The van der Waals surface area contributed by atoms with Crippen molar-refractivity contribution in [2.24, 2.45) is 17.8 Å². The Kier molecular flexibility index (Phi) is 4.49. The first-order valence-corrected chi connectivity index (χ1v) is 11.5. The van der Waals surface area contributed by atoms with Crippen molar-refractivity contribution >= 4 is 5.97 Å². The normalized spacial score (nSPS) is 33.7. The number of carboxylic acid groups (broad SMARTS) is 1. The molecule has 5 saturated carbocycles. The van der Waals surface area contributed by atoms with Crippen LogP contribution in [-0.2, 0) is 11.4 Å². The minimum atomic E-state index is -0.924. The molecule has 0 saturated heterocycles. The maximum Gasteiger partial charge on any atom is 0.335 e. The first-order chi connectivity index (χ1) is 15.0. The summed E-state index contributed by atoms with van der Waals surface area (Å²) >= 11 is 0. The van der Waals surface area contributed by atoms with Gasteiger partial charge in [0.05, 0.1) is 35.9 Å². The minimum Gasteiger partial charge on any atom is -0.478 e. The summed E-state index contributed by atoms with van der Waals surface area (Å²) in [6, 6.07) is 6.86. The number of aromatic nitrogens is 2. The number of hydrogen-bond acceptors (Lipinski definition) is 5. The number of benzene rings is 1. The molecular formula is C24H29N3O4. The van der Waals surface area contributed by atoms with Gasteiger partial charge in [-0.1, -0.05) is 0 Å². The van der Waals surface area contributed by atoms with Crippen molar-refractivity contribution in [2.75, 3.05) is 0 Å². The summed E-state index contributed by atoms with van der Waals surface area (Å²) in [5.74, 6) is 1.11. The quantitative estimate of drug-likeness (QED) is 0.591. The molecule has 7 heteroatoms. The Balaban J connectivity index is 1.17. The van der Waals surface area contributed by atoms with Crippen LogP contribution < -0.4 is 5.48 Å². The number of aromatic carboxylic acids is 1. The van der Waals surface area contributed by atoms with Crippen LogP contribution in [0.4, 0.5) is 0 Å². The highest BCUT2D eigenvalue weighted by atomic mass is 16.6. The average molecular weight is 424 g/mol. The number of carboxylic acids is 1. The van der Waals surface area contributed by atoms with E-state index in [1.165, 1.54) is 18.5 Å². The van der Waals surface area contributed by atoms with E-state index in [-0.39, 0.29) is 17.2 Å². The Morgan fingerprint density at radius 3 is 2.52 bits per heavy atom. The number of hydrogen-bond donors (Lipinski definition) is 3. The standard InChI is InChI=1S/C24H29N3O4/c28-22-17-7-14-8-18(22)11-24(9-14,10-17)26-31-13-19-12-25-27(21(19)15-1-2-15)20-5-3-16(4-6-20)23(29)30/h3-6,12,14-15,17-18,22,26,28H,1-2,7-11,13H2,(H,29,30). The summed E-state index contributed by atoms with van der Waals surface area (Å²) in [7, 11) is 0. The molecule has 2 unspecified atom stereocenters. The van der Waals surface area contributed by atoms with Crippen molar-refractivity contribution in [3.63, 3.8) is 0 Å². The lowest BCUT2D eigenvalue weighted by Gasteiger charge is -2.58. The maximum absolute atomic E-state index is 11.1. The Labute approximate surface area is 181 Å². The van der Waals surface area contributed by atoms with E-state index in [1.54, 1.807) is 12.1 Å². The van der Waals surface area contributed by atoms with E-state index < -0.39 is 5.97 Å². The number of hydroxylamine groups is 1.